The van der Waals surface area contributed by atoms with Gasteiger partial charge in [0.25, 0.3) is 0 Å². The van der Waals surface area contributed by atoms with Crippen LogP contribution in [0.2, 0.25) is 5.02 Å². The highest BCUT2D eigenvalue weighted by Gasteiger charge is 2.57. The van der Waals surface area contributed by atoms with Gasteiger partial charge in [0.1, 0.15) is 0 Å². The molecule has 2 aromatic carbocycles. The van der Waals surface area contributed by atoms with E-state index in [-0.39, 0.29) is 49.2 Å². The van der Waals surface area contributed by atoms with Gasteiger partial charge in [0.05, 0.1) is 25.7 Å². The van der Waals surface area contributed by atoms with Crippen LogP contribution in [0.4, 0.5) is 0 Å². The third-order valence-electron chi connectivity index (χ3n) is 9.37. The number of halogens is 1. The Morgan fingerprint density at radius 1 is 1.09 bits per heavy atom. The van der Waals surface area contributed by atoms with Gasteiger partial charge >= 0.3 is 0 Å². The monoisotopic (exact) mass is 622 g/mol. The second kappa shape index (κ2) is 12.3. The van der Waals surface area contributed by atoms with Gasteiger partial charge < -0.3 is 29.6 Å². The first-order valence-corrected chi connectivity index (χ1v) is 15.7. The van der Waals surface area contributed by atoms with E-state index in [9.17, 15) is 14.4 Å². The number of fused-ring (bicyclic) bond motifs is 5. The van der Waals surface area contributed by atoms with Crippen molar-refractivity contribution in [2.24, 2.45) is 11.8 Å². The third-order valence-corrected chi connectivity index (χ3v) is 9.60. The predicted octanol–water partition coefficient (Wildman–Crippen LogP) is 5.43. The molecule has 0 unspecified atom stereocenters. The molecule has 236 valence electrons. The van der Waals surface area contributed by atoms with Crippen molar-refractivity contribution in [1.29, 1.82) is 0 Å². The molecule has 9 nitrogen and oxygen atoms in total. The lowest BCUT2D eigenvalue weighted by Crippen LogP contribution is -2.65. The Morgan fingerprint density at radius 3 is 2.45 bits per heavy atom. The summed E-state index contributed by atoms with van der Waals surface area (Å²) in [5.74, 6) is -0.327. The second-order valence-electron chi connectivity index (χ2n) is 12.6. The Hall–Kier alpha value is -3.72. The molecule has 2 aliphatic heterocycles. The van der Waals surface area contributed by atoms with Gasteiger partial charge in [0.2, 0.25) is 17.7 Å². The number of carbonyl (C=O) groups is 3. The van der Waals surface area contributed by atoms with Crippen LogP contribution < -0.4 is 14.8 Å². The highest BCUT2D eigenvalue weighted by molar-refractivity contribution is 6.31. The molecule has 1 aromatic heterocycles. The number of nitrogens with zero attached hydrogens (tertiary/aromatic N) is 2. The number of aromatic nitrogens is 1. The normalized spacial score (nSPS) is 21.3. The molecule has 10 heteroatoms. The lowest BCUT2D eigenvalue weighted by atomic mass is 9.67. The largest absolute Gasteiger partial charge is 0.493 e. The number of hydrogen-bond donors (Lipinski definition) is 2. The zero-order valence-electron chi connectivity index (χ0n) is 26.6. The molecule has 0 bridgehead atoms. The van der Waals surface area contributed by atoms with Crippen LogP contribution in [-0.4, -0.2) is 65.4 Å². The predicted molar refractivity (Wildman–Crippen MR) is 171 cm³/mol. The molecule has 1 saturated heterocycles. The van der Waals surface area contributed by atoms with E-state index in [0.29, 0.717) is 29.5 Å². The fraction of sp³-hybridized carbons (Fsp3) is 0.500. The number of benzene rings is 2. The Labute approximate surface area is 264 Å². The molecule has 5 rings (SSSR count). The summed E-state index contributed by atoms with van der Waals surface area (Å²) in [6.45, 7) is 10.8. The first-order valence-electron chi connectivity index (χ1n) is 15.3. The molecular formula is C34H43ClN4O5. The molecule has 0 saturated carbocycles. The Bertz CT molecular complexity index is 1580. The van der Waals surface area contributed by atoms with Crippen LogP contribution in [0.25, 0.3) is 10.9 Å². The van der Waals surface area contributed by atoms with Gasteiger partial charge in [0, 0.05) is 59.1 Å². The molecule has 0 spiro atoms. The van der Waals surface area contributed by atoms with Crippen LogP contribution in [0, 0.1) is 11.8 Å². The van der Waals surface area contributed by atoms with E-state index in [4.69, 9.17) is 21.1 Å². The smallest absolute Gasteiger partial charge is 0.228 e. The number of carbonyl (C=O) groups excluding carboxylic acids is 3. The van der Waals surface area contributed by atoms with Crippen LogP contribution in [-0.2, 0) is 32.9 Å². The molecule has 0 radical (unpaired) electrons. The standard InChI is InChI=1S/C34H43ClN4O5/c1-19(2)39(20(3)4)33(42)26-15-22(16-30(40)36-18-21-8-11-28(43-6)29(14-21)44-7)32(41)38-13-12-24-25-17-23(35)9-10-27(25)37-31(24)34(26,38)5/h8-11,14,17,19-20,22,26,37H,12-13,15-16,18H2,1-7H3,(H,36,40)/t22-,26-,34+/m1/s1. The summed E-state index contributed by atoms with van der Waals surface area (Å²) in [5.41, 5.74) is 2.86. The number of methoxy groups -OCH3 is 2. The average molecular weight is 623 g/mol. The molecule has 3 atom stereocenters. The third kappa shape index (κ3) is 5.51. The Morgan fingerprint density at radius 2 is 1.80 bits per heavy atom. The highest BCUT2D eigenvalue weighted by atomic mass is 35.5. The fourth-order valence-corrected chi connectivity index (χ4v) is 7.50. The molecular weight excluding hydrogens is 580 g/mol. The van der Waals surface area contributed by atoms with Gasteiger partial charge in [0.15, 0.2) is 11.5 Å². The molecule has 2 N–H and O–H groups in total. The number of rotatable bonds is 9. The Balaban J connectivity index is 1.46. The molecule has 2 aliphatic rings. The molecule has 1 fully saturated rings. The minimum absolute atomic E-state index is 0.000999. The summed E-state index contributed by atoms with van der Waals surface area (Å²) in [5, 5.41) is 4.62. The van der Waals surface area contributed by atoms with E-state index in [1.54, 1.807) is 20.3 Å². The van der Waals surface area contributed by atoms with Gasteiger partial charge in [-0.05, 0) is 88.9 Å². The van der Waals surface area contributed by atoms with Crippen LogP contribution in [0.3, 0.4) is 0 Å². The zero-order valence-corrected chi connectivity index (χ0v) is 27.4. The van der Waals surface area contributed by atoms with Crippen molar-refractivity contribution in [3.8, 4) is 11.5 Å². The molecule has 3 heterocycles. The lowest BCUT2D eigenvalue weighted by Gasteiger charge is -2.54. The first-order chi connectivity index (χ1) is 20.9. The molecule has 3 amide bonds. The van der Waals surface area contributed by atoms with Crippen LogP contribution in [0.5, 0.6) is 11.5 Å². The minimum Gasteiger partial charge on any atom is -0.493 e. The number of aromatic amines is 1. The Kier molecular flexibility index (Phi) is 8.89. The van der Waals surface area contributed by atoms with Crippen molar-refractivity contribution < 1.29 is 23.9 Å². The van der Waals surface area contributed by atoms with Crippen molar-refractivity contribution in [1.82, 2.24) is 20.1 Å². The van der Waals surface area contributed by atoms with E-state index in [1.165, 1.54) is 0 Å². The lowest BCUT2D eigenvalue weighted by molar-refractivity contribution is -0.166. The maximum Gasteiger partial charge on any atom is 0.228 e. The second-order valence-corrected chi connectivity index (χ2v) is 13.1. The average Bonchev–Trinajstić information content (AvgIpc) is 3.36. The van der Waals surface area contributed by atoms with Crippen molar-refractivity contribution in [2.45, 2.75) is 78.0 Å². The number of hydrogen-bond acceptors (Lipinski definition) is 5. The van der Waals surface area contributed by atoms with E-state index < -0.39 is 17.4 Å². The van der Waals surface area contributed by atoms with Gasteiger partial charge in [-0.25, -0.2) is 0 Å². The van der Waals surface area contributed by atoms with Gasteiger partial charge in [-0.2, -0.15) is 0 Å². The summed E-state index contributed by atoms with van der Waals surface area (Å²) in [6, 6.07) is 11.2. The van der Waals surface area contributed by atoms with Crippen molar-refractivity contribution in [3.05, 3.63) is 58.2 Å². The highest BCUT2D eigenvalue weighted by Crippen LogP contribution is 2.50. The number of piperidine rings is 1. The molecule has 44 heavy (non-hydrogen) atoms. The van der Waals surface area contributed by atoms with Gasteiger partial charge in [-0.3, -0.25) is 14.4 Å². The van der Waals surface area contributed by atoms with Crippen LogP contribution >= 0.6 is 11.6 Å². The van der Waals surface area contributed by atoms with E-state index in [1.807, 2.05) is 74.8 Å². The number of amides is 3. The number of H-pyrrole nitrogens is 1. The van der Waals surface area contributed by atoms with E-state index in [2.05, 4.69) is 10.3 Å². The summed E-state index contributed by atoms with van der Waals surface area (Å²) in [6.07, 6.45) is 0.912. The summed E-state index contributed by atoms with van der Waals surface area (Å²) in [4.78, 5) is 49.3. The zero-order chi connectivity index (χ0) is 31.9. The summed E-state index contributed by atoms with van der Waals surface area (Å²) < 4.78 is 10.7. The topological polar surface area (TPSA) is 104 Å². The number of ether oxygens (including phenoxy) is 2. The number of nitrogens with one attached hydrogen (secondary N) is 2. The van der Waals surface area contributed by atoms with E-state index >= 15 is 0 Å². The quantitative estimate of drug-likeness (QED) is 0.331. The van der Waals surface area contributed by atoms with Crippen molar-refractivity contribution in [2.75, 3.05) is 20.8 Å². The van der Waals surface area contributed by atoms with Crippen LogP contribution in [0.1, 0.15) is 64.3 Å². The SMILES string of the molecule is COc1ccc(CNC(=O)C[C@H]2C[C@H](C(=O)N(C(C)C)C(C)C)[C@@]3(C)c4[nH]c5ccc(Cl)cc5c4CCN3C2=O)cc1OC. The van der Waals surface area contributed by atoms with Crippen molar-refractivity contribution >= 4 is 40.2 Å². The summed E-state index contributed by atoms with van der Waals surface area (Å²) in [7, 11) is 3.14. The minimum atomic E-state index is -0.901. The maximum atomic E-state index is 14.5. The molecule has 0 aliphatic carbocycles. The van der Waals surface area contributed by atoms with Crippen LogP contribution in [0.15, 0.2) is 36.4 Å². The fourth-order valence-electron chi connectivity index (χ4n) is 7.32. The molecule has 3 aromatic rings. The first kappa shape index (κ1) is 31.7. The van der Waals surface area contributed by atoms with Gasteiger partial charge in [-0.15, -0.1) is 0 Å². The van der Waals surface area contributed by atoms with E-state index in [0.717, 1.165) is 27.7 Å². The van der Waals surface area contributed by atoms with Crippen molar-refractivity contribution in [3.63, 3.8) is 0 Å². The van der Waals surface area contributed by atoms with Gasteiger partial charge in [-0.1, -0.05) is 17.7 Å². The maximum absolute atomic E-state index is 14.5. The summed E-state index contributed by atoms with van der Waals surface area (Å²) >= 11 is 6.38.